The molecule has 1 aromatic carbocycles. The Morgan fingerprint density at radius 1 is 1.32 bits per heavy atom. The van der Waals surface area contributed by atoms with Gasteiger partial charge in [0.15, 0.2) is 5.52 Å². The first-order valence-corrected chi connectivity index (χ1v) is 8.86. The van der Waals surface area contributed by atoms with E-state index in [-0.39, 0.29) is 11.1 Å². The number of hydrogen-bond acceptors (Lipinski definition) is 7. The van der Waals surface area contributed by atoms with Crippen LogP contribution in [0.25, 0.3) is 22.4 Å². The molecule has 0 amide bonds. The fraction of sp³-hybridized carbons (Fsp3) is 0.235. The van der Waals surface area contributed by atoms with Crippen molar-refractivity contribution in [2.45, 2.75) is 18.4 Å². The Morgan fingerprint density at radius 3 is 2.88 bits per heavy atom. The van der Waals surface area contributed by atoms with Crippen LogP contribution >= 0.6 is 11.8 Å². The molecule has 3 aromatic rings. The molecule has 126 valence electrons. The summed E-state index contributed by atoms with van der Waals surface area (Å²) in [6.45, 7) is 2.53. The van der Waals surface area contributed by atoms with Crippen LogP contribution in [0, 0.1) is 11.3 Å². The summed E-state index contributed by atoms with van der Waals surface area (Å²) in [5.74, 6) is 0.886. The molecule has 8 heteroatoms. The largest absolute Gasteiger partial charge is 0.493 e. The van der Waals surface area contributed by atoms with E-state index in [1.807, 2.05) is 13.2 Å². The molecule has 2 heterocycles. The molecule has 1 N–H and O–H groups in total. The number of thioether (sulfide) groups is 1. The molecule has 0 unspecified atom stereocenters. The number of rotatable bonds is 5. The van der Waals surface area contributed by atoms with Crippen LogP contribution < -0.4 is 10.3 Å². The number of ether oxygens (including phenoxy) is 1. The van der Waals surface area contributed by atoms with Gasteiger partial charge in [0.05, 0.1) is 23.8 Å². The van der Waals surface area contributed by atoms with Crippen LogP contribution in [-0.4, -0.2) is 32.8 Å². The lowest BCUT2D eigenvalue weighted by Gasteiger charge is -2.11. The van der Waals surface area contributed by atoms with Crippen LogP contribution in [0.1, 0.15) is 18.9 Å². The van der Waals surface area contributed by atoms with Crippen molar-refractivity contribution >= 4 is 22.8 Å². The summed E-state index contributed by atoms with van der Waals surface area (Å²) in [6, 6.07) is 7.12. The number of aromatic amines is 1. The highest BCUT2D eigenvalue weighted by Gasteiger charge is 2.15. The van der Waals surface area contributed by atoms with Crippen molar-refractivity contribution in [2.75, 3.05) is 12.9 Å². The zero-order chi connectivity index (χ0) is 17.8. The van der Waals surface area contributed by atoms with Crippen molar-refractivity contribution in [3.8, 4) is 23.2 Å². The highest BCUT2D eigenvalue weighted by Crippen LogP contribution is 2.30. The van der Waals surface area contributed by atoms with Crippen molar-refractivity contribution in [2.24, 2.45) is 0 Å². The summed E-state index contributed by atoms with van der Waals surface area (Å²) >= 11 is 1.39. The predicted octanol–water partition coefficient (Wildman–Crippen LogP) is 2.76. The standard InChI is InChI=1S/C17H15N5O2S/c1-3-6-24-12-5-4-10(8-18)7-11(12)15-21-14-13(16(23)22-15)19-9-20-17(14)25-2/h4-5,7,9H,3,6H2,1-2H3,(H,21,22,23). The van der Waals surface area contributed by atoms with Crippen LogP contribution in [-0.2, 0) is 0 Å². The third kappa shape index (κ3) is 3.32. The van der Waals surface area contributed by atoms with Gasteiger partial charge >= 0.3 is 0 Å². The number of fused-ring (bicyclic) bond motifs is 1. The molecule has 0 fully saturated rings. The number of H-pyrrole nitrogens is 1. The van der Waals surface area contributed by atoms with E-state index >= 15 is 0 Å². The van der Waals surface area contributed by atoms with Crippen LogP contribution in [0.3, 0.4) is 0 Å². The lowest BCUT2D eigenvalue weighted by molar-refractivity contribution is 0.318. The van der Waals surface area contributed by atoms with Crippen LogP contribution in [0.2, 0.25) is 0 Å². The van der Waals surface area contributed by atoms with E-state index in [0.29, 0.717) is 39.9 Å². The Bertz CT molecular complexity index is 1030. The summed E-state index contributed by atoms with van der Waals surface area (Å²) < 4.78 is 5.74. The molecule has 25 heavy (non-hydrogen) atoms. The normalized spacial score (nSPS) is 10.6. The molecular formula is C17H15N5O2S. The topological polar surface area (TPSA) is 105 Å². The SMILES string of the molecule is CCCOc1ccc(C#N)cc1-c1nc2c(SC)ncnc2c(=O)[nH]1. The minimum atomic E-state index is -0.360. The lowest BCUT2D eigenvalue weighted by atomic mass is 10.1. The van der Waals surface area contributed by atoms with Gasteiger partial charge in [0.1, 0.15) is 28.4 Å². The number of aromatic nitrogens is 4. The van der Waals surface area contributed by atoms with Gasteiger partial charge in [0.25, 0.3) is 5.56 Å². The maximum absolute atomic E-state index is 12.4. The zero-order valence-electron chi connectivity index (χ0n) is 13.7. The molecule has 0 aliphatic carbocycles. The fourth-order valence-corrected chi connectivity index (χ4v) is 2.82. The monoisotopic (exact) mass is 353 g/mol. The highest BCUT2D eigenvalue weighted by atomic mass is 32.2. The van der Waals surface area contributed by atoms with Gasteiger partial charge in [-0.25, -0.2) is 15.0 Å². The van der Waals surface area contributed by atoms with E-state index in [1.54, 1.807) is 18.2 Å². The Balaban J connectivity index is 2.25. The van der Waals surface area contributed by atoms with Crippen molar-refractivity contribution in [1.29, 1.82) is 5.26 Å². The smallest absolute Gasteiger partial charge is 0.277 e. The van der Waals surface area contributed by atoms with Crippen molar-refractivity contribution < 1.29 is 4.74 Å². The van der Waals surface area contributed by atoms with E-state index in [0.717, 1.165) is 6.42 Å². The Labute approximate surface area is 148 Å². The molecule has 0 saturated carbocycles. The van der Waals surface area contributed by atoms with Crippen molar-refractivity contribution in [1.82, 2.24) is 19.9 Å². The molecule has 0 aliphatic rings. The first kappa shape index (κ1) is 16.9. The number of nitriles is 1. The third-order valence-electron chi connectivity index (χ3n) is 3.48. The van der Waals surface area contributed by atoms with Gasteiger partial charge in [0.2, 0.25) is 0 Å². The Hall–Kier alpha value is -2.92. The molecule has 0 bridgehead atoms. The van der Waals surface area contributed by atoms with Gasteiger partial charge < -0.3 is 9.72 Å². The minimum absolute atomic E-state index is 0.232. The average molecular weight is 353 g/mol. The zero-order valence-corrected chi connectivity index (χ0v) is 14.6. The third-order valence-corrected chi connectivity index (χ3v) is 4.16. The van der Waals surface area contributed by atoms with Crippen LogP contribution in [0.5, 0.6) is 5.75 Å². The maximum atomic E-state index is 12.4. The summed E-state index contributed by atoms with van der Waals surface area (Å²) in [5.41, 5.74) is 1.31. The van der Waals surface area contributed by atoms with Gasteiger partial charge in [-0.2, -0.15) is 5.26 Å². The molecule has 0 spiro atoms. The summed E-state index contributed by atoms with van der Waals surface area (Å²) in [7, 11) is 0. The average Bonchev–Trinajstić information content (AvgIpc) is 2.65. The van der Waals surface area contributed by atoms with Gasteiger partial charge in [-0.05, 0) is 30.9 Å². The minimum Gasteiger partial charge on any atom is -0.493 e. The summed E-state index contributed by atoms with van der Waals surface area (Å²) in [6.07, 6.45) is 4.04. The van der Waals surface area contributed by atoms with Gasteiger partial charge in [0, 0.05) is 0 Å². The van der Waals surface area contributed by atoms with Gasteiger partial charge in [-0.15, -0.1) is 11.8 Å². The van der Waals surface area contributed by atoms with Gasteiger partial charge in [-0.1, -0.05) is 6.92 Å². The first-order valence-electron chi connectivity index (χ1n) is 7.64. The maximum Gasteiger partial charge on any atom is 0.277 e. The van der Waals surface area contributed by atoms with Crippen LogP contribution in [0.4, 0.5) is 0 Å². The Morgan fingerprint density at radius 2 is 2.16 bits per heavy atom. The highest BCUT2D eigenvalue weighted by molar-refractivity contribution is 7.98. The molecule has 0 aliphatic heterocycles. The van der Waals surface area contributed by atoms with Crippen molar-refractivity contribution in [3.63, 3.8) is 0 Å². The molecule has 0 radical (unpaired) electrons. The number of nitrogens with one attached hydrogen (secondary N) is 1. The second kappa shape index (κ2) is 7.32. The van der Waals surface area contributed by atoms with E-state index in [4.69, 9.17) is 4.74 Å². The predicted molar refractivity (Wildman–Crippen MR) is 95.7 cm³/mol. The number of hydrogen-bond donors (Lipinski definition) is 1. The lowest BCUT2D eigenvalue weighted by Crippen LogP contribution is -2.12. The molecule has 0 saturated heterocycles. The number of benzene rings is 1. The van der Waals surface area contributed by atoms with Crippen LogP contribution in [0.15, 0.2) is 34.3 Å². The van der Waals surface area contributed by atoms with E-state index < -0.39 is 0 Å². The van der Waals surface area contributed by atoms with Gasteiger partial charge in [-0.3, -0.25) is 4.79 Å². The number of nitrogens with zero attached hydrogens (tertiary/aromatic N) is 4. The Kier molecular flexibility index (Phi) is 4.95. The molecular weight excluding hydrogens is 338 g/mol. The van der Waals surface area contributed by atoms with E-state index in [9.17, 15) is 10.1 Å². The van der Waals surface area contributed by atoms with Crippen molar-refractivity contribution in [3.05, 3.63) is 40.4 Å². The molecule has 2 aromatic heterocycles. The van der Waals surface area contributed by atoms with E-state index in [2.05, 4.69) is 26.0 Å². The van der Waals surface area contributed by atoms with E-state index in [1.165, 1.54) is 18.1 Å². The fourth-order valence-electron chi connectivity index (χ4n) is 2.34. The second-order valence-corrected chi connectivity index (χ2v) is 5.96. The summed E-state index contributed by atoms with van der Waals surface area (Å²) in [5, 5.41) is 9.79. The second-order valence-electron chi connectivity index (χ2n) is 5.17. The summed E-state index contributed by atoms with van der Waals surface area (Å²) in [4.78, 5) is 27.9. The first-order chi connectivity index (χ1) is 12.2. The quantitative estimate of drug-likeness (QED) is 0.555. The molecule has 7 nitrogen and oxygen atoms in total. The molecule has 0 atom stereocenters. The molecule has 3 rings (SSSR count).